The number of ether oxygens (including phenoxy) is 1. The number of hydrogen-bond acceptors (Lipinski definition) is 4. The molecule has 20 heavy (non-hydrogen) atoms. The van der Waals surface area contributed by atoms with Gasteiger partial charge in [0.25, 0.3) is 5.88 Å². The fraction of sp³-hybridized carbons (Fsp3) is 0.154. The molecule has 0 bridgehead atoms. The maximum Gasteiger partial charge on any atom is 0.418 e. The van der Waals surface area contributed by atoms with E-state index in [4.69, 9.17) is 4.74 Å². The number of nitrogens with zero attached hydrogens (tertiary/aromatic N) is 1. The first-order valence-electron chi connectivity index (χ1n) is 5.53. The second-order valence-corrected chi connectivity index (χ2v) is 3.46. The Bertz CT molecular complexity index is 545. The van der Waals surface area contributed by atoms with Crippen LogP contribution in [-0.2, 0) is 6.18 Å². The molecule has 0 saturated carbocycles. The van der Waals surface area contributed by atoms with Gasteiger partial charge in [-0.15, -0.1) is 0 Å². The van der Waals surface area contributed by atoms with E-state index in [0.29, 0.717) is 18.0 Å². The topological polar surface area (TPSA) is 68.4 Å². The molecule has 1 aromatic heterocycles. The van der Waals surface area contributed by atoms with Crippen LogP contribution in [0.1, 0.15) is 5.56 Å². The predicted molar refractivity (Wildman–Crippen MR) is 67.5 cm³/mol. The Kier molecular flexibility index (Phi) is 5.33. The second kappa shape index (κ2) is 6.76. The smallest absolute Gasteiger partial charge is 0.418 e. The maximum atomic E-state index is 12.3. The van der Waals surface area contributed by atoms with Gasteiger partial charge in [-0.3, -0.25) is 0 Å². The van der Waals surface area contributed by atoms with Crippen LogP contribution in [0.25, 0.3) is 0 Å². The average molecular weight is 286 g/mol. The summed E-state index contributed by atoms with van der Waals surface area (Å²) in [4.78, 5) is 3.45. The van der Waals surface area contributed by atoms with Crippen molar-refractivity contribution in [2.75, 3.05) is 7.05 Å². The third-order valence-electron chi connectivity index (χ3n) is 2.12. The average Bonchev–Trinajstić information content (AvgIpc) is 2.43. The first-order valence-corrected chi connectivity index (χ1v) is 5.53. The summed E-state index contributed by atoms with van der Waals surface area (Å²) in [6.45, 7) is 0. The third kappa shape index (κ3) is 4.13. The monoisotopic (exact) mass is 286 g/mol. The normalized spacial score (nSPS) is 10.4. The van der Waals surface area contributed by atoms with Crippen molar-refractivity contribution >= 4 is 0 Å². The number of hydrogen-bond donors (Lipinski definition) is 2. The number of rotatable bonds is 2. The Labute approximate surface area is 113 Å². The molecule has 0 amide bonds. The van der Waals surface area contributed by atoms with Gasteiger partial charge in [-0.05, 0) is 25.2 Å². The van der Waals surface area contributed by atoms with Gasteiger partial charge in [-0.1, -0.05) is 18.2 Å². The van der Waals surface area contributed by atoms with Crippen molar-refractivity contribution < 1.29 is 23.0 Å². The lowest BCUT2D eigenvalue weighted by Gasteiger charge is -2.09. The van der Waals surface area contributed by atoms with Crippen LogP contribution in [0.15, 0.2) is 42.6 Å². The molecule has 1 heterocycles. The van der Waals surface area contributed by atoms with E-state index in [0.717, 1.165) is 0 Å². The number of pyridine rings is 1. The fourth-order valence-corrected chi connectivity index (χ4v) is 1.27. The van der Waals surface area contributed by atoms with E-state index in [1.54, 1.807) is 30.3 Å². The van der Waals surface area contributed by atoms with Gasteiger partial charge in [0.15, 0.2) is 5.75 Å². The van der Waals surface area contributed by atoms with Gasteiger partial charge >= 0.3 is 6.18 Å². The van der Waals surface area contributed by atoms with Gasteiger partial charge in [0.2, 0.25) is 0 Å². The Morgan fingerprint density at radius 1 is 1.15 bits per heavy atom. The van der Waals surface area contributed by atoms with Crippen molar-refractivity contribution in [2.45, 2.75) is 6.18 Å². The van der Waals surface area contributed by atoms with E-state index < -0.39 is 17.5 Å². The van der Waals surface area contributed by atoms with E-state index in [1.807, 2.05) is 0 Å². The molecule has 0 aliphatic carbocycles. The molecule has 0 spiro atoms. The van der Waals surface area contributed by atoms with Gasteiger partial charge in [-0.25, -0.2) is 4.98 Å². The minimum absolute atomic E-state index is 0.269. The van der Waals surface area contributed by atoms with Crippen LogP contribution in [0.4, 0.5) is 13.2 Å². The molecular weight excluding hydrogens is 273 g/mol. The first-order chi connectivity index (χ1) is 9.47. The number of para-hydroxylation sites is 1. The lowest BCUT2D eigenvalue weighted by Crippen LogP contribution is -2.05. The van der Waals surface area contributed by atoms with Crippen LogP contribution in [0.3, 0.4) is 0 Å². The minimum Gasteiger partial charge on any atom is -0.503 e. The molecule has 0 radical (unpaired) electrons. The highest BCUT2D eigenvalue weighted by Gasteiger charge is 2.32. The predicted octanol–water partition coefficient (Wildman–Crippen LogP) is 3.17. The minimum atomic E-state index is -4.55. The Morgan fingerprint density at radius 2 is 1.75 bits per heavy atom. The molecule has 108 valence electrons. The highest BCUT2D eigenvalue weighted by molar-refractivity contribution is 5.39. The van der Waals surface area contributed by atoms with E-state index >= 15 is 0 Å². The van der Waals surface area contributed by atoms with Crippen molar-refractivity contribution in [1.29, 1.82) is 0 Å². The lowest BCUT2D eigenvalue weighted by atomic mass is 10.2. The summed E-state index contributed by atoms with van der Waals surface area (Å²) in [6.07, 6.45) is -3.94. The van der Waals surface area contributed by atoms with Crippen LogP contribution in [-0.4, -0.2) is 17.1 Å². The summed E-state index contributed by atoms with van der Waals surface area (Å²) in [5, 5.41) is 9.43. The van der Waals surface area contributed by atoms with E-state index in [1.165, 1.54) is 7.05 Å². The molecule has 3 N–H and O–H groups in total. The molecule has 0 fully saturated rings. The zero-order valence-corrected chi connectivity index (χ0v) is 10.6. The highest BCUT2D eigenvalue weighted by Crippen LogP contribution is 2.35. The van der Waals surface area contributed by atoms with Gasteiger partial charge in [0, 0.05) is 6.20 Å². The van der Waals surface area contributed by atoms with Crippen molar-refractivity contribution in [3.8, 4) is 17.4 Å². The molecule has 0 aliphatic rings. The lowest BCUT2D eigenvalue weighted by molar-refractivity contribution is -0.138. The zero-order chi connectivity index (χ0) is 15.2. The summed E-state index contributed by atoms with van der Waals surface area (Å²) < 4.78 is 42.2. The highest BCUT2D eigenvalue weighted by atomic mass is 19.4. The molecule has 0 unspecified atom stereocenters. The quantitative estimate of drug-likeness (QED) is 0.889. The molecule has 2 rings (SSSR count). The zero-order valence-electron chi connectivity index (χ0n) is 10.6. The van der Waals surface area contributed by atoms with Crippen LogP contribution in [0.2, 0.25) is 0 Å². The van der Waals surface area contributed by atoms with Gasteiger partial charge in [-0.2, -0.15) is 13.2 Å². The molecule has 0 saturated heterocycles. The van der Waals surface area contributed by atoms with Crippen molar-refractivity contribution in [3.63, 3.8) is 0 Å². The first kappa shape index (κ1) is 15.8. The van der Waals surface area contributed by atoms with Crippen molar-refractivity contribution in [3.05, 3.63) is 48.2 Å². The van der Waals surface area contributed by atoms with Gasteiger partial charge < -0.3 is 15.6 Å². The Balaban J connectivity index is 0.000000956. The summed E-state index contributed by atoms with van der Waals surface area (Å²) in [5.41, 5.74) is 3.47. The van der Waals surface area contributed by atoms with E-state index in [2.05, 4.69) is 10.7 Å². The standard InChI is InChI=1S/C12H8F3NO2.CH5N/c13-12(14,15)8-6-10(17)11(16-7-8)18-9-4-2-1-3-5-9;1-2/h1-7,17H;2H2,1H3. The molecule has 7 heteroatoms. The number of aromatic nitrogens is 1. The molecule has 0 atom stereocenters. The Morgan fingerprint density at radius 3 is 2.25 bits per heavy atom. The summed E-state index contributed by atoms with van der Waals surface area (Å²) in [5.74, 6) is -0.553. The molecule has 2 aromatic rings. The molecule has 0 aliphatic heterocycles. The maximum absolute atomic E-state index is 12.3. The van der Waals surface area contributed by atoms with Crippen LogP contribution in [0.5, 0.6) is 17.4 Å². The van der Waals surface area contributed by atoms with Gasteiger partial charge in [0.05, 0.1) is 5.56 Å². The number of alkyl halides is 3. The second-order valence-electron chi connectivity index (χ2n) is 3.46. The number of halogens is 3. The van der Waals surface area contributed by atoms with Crippen LogP contribution < -0.4 is 10.5 Å². The molecule has 1 aromatic carbocycles. The fourth-order valence-electron chi connectivity index (χ4n) is 1.27. The van der Waals surface area contributed by atoms with Gasteiger partial charge in [0.1, 0.15) is 5.75 Å². The summed E-state index contributed by atoms with van der Waals surface area (Å²) >= 11 is 0. The SMILES string of the molecule is CN.Oc1cc(C(F)(F)F)cnc1Oc1ccccc1. The third-order valence-corrected chi connectivity index (χ3v) is 2.12. The largest absolute Gasteiger partial charge is 0.503 e. The van der Waals surface area contributed by atoms with Crippen molar-refractivity contribution in [1.82, 2.24) is 4.98 Å². The molecular formula is C13H13F3N2O2. The number of benzene rings is 1. The summed E-state index contributed by atoms with van der Waals surface area (Å²) in [7, 11) is 1.50. The molecule has 4 nitrogen and oxygen atoms in total. The Hall–Kier alpha value is -2.28. The van der Waals surface area contributed by atoms with Crippen LogP contribution >= 0.6 is 0 Å². The van der Waals surface area contributed by atoms with E-state index in [9.17, 15) is 18.3 Å². The number of aromatic hydroxyl groups is 1. The number of nitrogens with two attached hydrogens (primary N) is 1. The van der Waals surface area contributed by atoms with Crippen LogP contribution in [0, 0.1) is 0 Å². The van der Waals surface area contributed by atoms with E-state index in [-0.39, 0.29) is 5.88 Å². The van der Waals surface area contributed by atoms with Crippen molar-refractivity contribution in [2.24, 2.45) is 5.73 Å². The summed E-state index contributed by atoms with van der Waals surface area (Å²) in [6, 6.07) is 8.91.